The van der Waals surface area contributed by atoms with Gasteiger partial charge in [-0.25, -0.2) is 0 Å². The summed E-state index contributed by atoms with van der Waals surface area (Å²) in [5, 5.41) is 2.85. The van der Waals surface area contributed by atoms with Crippen molar-refractivity contribution in [2.45, 2.75) is 46.6 Å². The Bertz CT molecular complexity index is 710. The maximum absolute atomic E-state index is 12.2. The highest BCUT2D eigenvalue weighted by Crippen LogP contribution is 2.20. The fourth-order valence-corrected chi connectivity index (χ4v) is 2.70. The number of ether oxygens (including phenoxy) is 2. The first-order valence-electron chi connectivity index (χ1n) is 9.23. The second-order valence-electron chi connectivity index (χ2n) is 6.56. The topological polar surface area (TPSA) is 47.6 Å². The highest BCUT2D eigenvalue weighted by atomic mass is 16.5. The molecule has 1 atom stereocenters. The lowest BCUT2D eigenvalue weighted by Gasteiger charge is -2.16. The van der Waals surface area contributed by atoms with E-state index >= 15 is 0 Å². The van der Waals surface area contributed by atoms with Crippen LogP contribution in [0.3, 0.4) is 0 Å². The van der Waals surface area contributed by atoms with Crippen molar-refractivity contribution >= 4 is 5.91 Å². The fraction of sp³-hybridized carbons (Fsp3) is 0.409. The molecule has 0 radical (unpaired) electrons. The highest BCUT2D eigenvalue weighted by Gasteiger charge is 2.15. The van der Waals surface area contributed by atoms with Gasteiger partial charge >= 0.3 is 0 Å². The summed E-state index contributed by atoms with van der Waals surface area (Å²) in [7, 11) is 0. The molecule has 0 unspecified atom stereocenters. The second-order valence-corrected chi connectivity index (χ2v) is 6.56. The quantitative estimate of drug-likeness (QED) is 0.685. The molecule has 140 valence electrons. The fourth-order valence-electron chi connectivity index (χ4n) is 2.70. The maximum Gasteiger partial charge on any atom is 0.260 e. The zero-order valence-corrected chi connectivity index (χ0v) is 16.2. The molecule has 0 aliphatic carbocycles. The number of aryl methyl sites for hydroxylation is 3. The lowest BCUT2D eigenvalue weighted by molar-refractivity contribution is -0.127. The van der Waals surface area contributed by atoms with Crippen molar-refractivity contribution in [3.05, 3.63) is 59.2 Å². The molecule has 4 nitrogen and oxygen atoms in total. The minimum atomic E-state index is -0.551. The standard InChI is InChI=1S/C22H29NO3/c1-5-6-19-8-10-20(11-9-19)25-14-13-23-22(24)18(4)26-21-12-7-16(2)15-17(21)3/h7-12,15,18H,5-6,13-14H2,1-4H3,(H,23,24)/t18-/m0/s1. The van der Waals surface area contributed by atoms with E-state index in [9.17, 15) is 4.79 Å². The average Bonchev–Trinajstić information content (AvgIpc) is 2.62. The van der Waals surface area contributed by atoms with Crippen LogP contribution >= 0.6 is 0 Å². The monoisotopic (exact) mass is 355 g/mol. The third-order valence-electron chi connectivity index (χ3n) is 4.14. The summed E-state index contributed by atoms with van der Waals surface area (Å²) in [4.78, 5) is 12.2. The summed E-state index contributed by atoms with van der Waals surface area (Å²) in [6.45, 7) is 8.79. The zero-order valence-electron chi connectivity index (χ0n) is 16.2. The largest absolute Gasteiger partial charge is 0.492 e. The third kappa shape index (κ3) is 6.10. The van der Waals surface area contributed by atoms with Gasteiger partial charge in [-0.2, -0.15) is 0 Å². The molecule has 26 heavy (non-hydrogen) atoms. The molecule has 0 aliphatic heterocycles. The number of hydrogen-bond acceptors (Lipinski definition) is 3. The lowest BCUT2D eigenvalue weighted by Crippen LogP contribution is -2.38. The number of carbonyl (C=O) groups excluding carboxylic acids is 1. The van der Waals surface area contributed by atoms with Crippen LogP contribution in [0.5, 0.6) is 11.5 Å². The van der Waals surface area contributed by atoms with Crippen molar-refractivity contribution in [1.29, 1.82) is 0 Å². The van der Waals surface area contributed by atoms with Gasteiger partial charge in [-0.1, -0.05) is 43.2 Å². The van der Waals surface area contributed by atoms with Crippen LogP contribution in [-0.2, 0) is 11.2 Å². The number of rotatable bonds is 9. The Labute approximate surface area is 156 Å². The van der Waals surface area contributed by atoms with Crippen LogP contribution in [0, 0.1) is 13.8 Å². The molecular weight excluding hydrogens is 326 g/mol. The van der Waals surface area contributed by atoms with Gasteiger partial charge in [0.1, 0.15) is 18.1 Å². The Morgan fingerprint density at radius 2 is 1.85 bits per heavy atom. The van der Waals surface area contributed by atoms with Crippen molar-refractivity contribution in [2.24, 2.45) is 0 Å². The average molecular weight is 355 g/mol. The van der Waals surface area contributed by atoms with Crippen molar-refractivity contribution < 1.29 is 14.3 Å². The molecule has 4 heteroatoms. The summed E-state index contributed by atoms with van der Waals surface area (Å²) >= 11 is 0. The molecule has 0 aromatic heterocycles. The van der Waals surface area contributed by atoms with Gasteiger partial charge in [0.15, 0.2) is 6.10 Å². The Morgan fingerprint density at radius 3 is 2.50 bits per heavy atom. The molecule has 0 fully saturated rings. The van der Waals surface area contributed by atoms with E-state index in [1.54, 1.807) is 6.92 Å². The smallest absolute Gasteiger partial charge is 0.260 e. The SMILES string of the molecule is CCCc1ccc(OCCNC(=O)[C@H](C)Oc2ccc(C)cc2C)cc1. The molecule has 1 N–H and O–H groups in total. The first kappa shape index (κ1) is 19.8. The van der Waals surface area contributed by atoms with Crippen molar-refractivity contribution in [3.8, 4) is 11.5 Å². The van der Waals surface area contributed by atoms with E-state index in [4.69, 9.17) is 9.47 Å². The van der Waals surface area contributed by atoms with E-state index in [1.165, 1.54) is 11.1 Å². The molecule has 0 spiro atoms. The maximum atomic E-state index is 12.2. The van der Waals surface area contributed by atoms with Crippen molar-refractivity contribution in [3.63, 3.8) is 0 Å². The van der Waals surface area contributed by atoms with Crippen molar-refractivity contribution in [2.75, 3.05) is 13.2 Å². The number of amides is 1. The normalized spacial score (nSPS) is 11.7. The molecular formula is C22H29NO3. The first-order chi connectivity index (χ1) is 12.5. The molecule has 2 aromatic carbocycles. The summed E-state index contributed by atoms with van der Waals surface area (Å²) in [5.41, 5.74) is 3.51. The van der Waals surface area contributed by atoms with Gasteiger partial charge in [-0.3, -0.25) is 4.79 Å². The number of carbonyl (C=O) groups is 1. The summed E-state index contributed by atoms with van der Waals surface area (Å²) < 4.78 is 11.4. The molecule has 1 amide bonds. The van der Waals surface area contributed by atoms with Gasteiger partial charge in [0.25, 0.3) is 5.91 Å². The Morgan fingerprint density at radius 1 is 1.12 bits per heavy atom. The minimum absolute atomic E-state index is 0.146. The van der Waals surface area contributed by atoms with Crippen LogP contribution in [0.2, 0.25) is 0 Å². The third-order valence-corrected chi connectivity index (χ3v) is 4.14. The van der Waals surface area contributed by atoms with Gasteiger partial charge in [-0.05, 0) is 56.5 Å². The Balaban J connectivity index is 1.72. The molecule has 0 saturated heterocycles. The molecule has 2 aromatic rings. The van der Waals surface area contributed by atoms with E-state index in [-0.39, 0.29) is 5.91 Å². The van der Waals surface area contributed by atoms with E-state index in [0.717, 1.165) is 29.9 Å². The van der Waals surface area contributed by atoms with Crippen LogP contribution in [0.25, 0.3) is 0 Å². The highest BCUT2D eigenvalue weighted by molar-refractivity contribution is 5.80. The minimum Gasteiger partial charge on any atom is -0.492 e. The molecule has 0 heterocycles. The predicted molar refractivity (Wildman–Crippen MR) is 105 cm³/mol. The van der Waals surface area contributed by atoms with Crippen LogP contribution in [0.1, 0.15) is 37.0 Å². The molecule has 0 bridgehead atoms. The lowest BCUT2D eigenvalue weighted by atomic mass is 10.1. The van der Waals surface area contributed by atoms with Crippen LogP contribution in [-0.4, -0.2) is 25.2 Å². The predicted octanol–water partition coefficient (Wildman–Crippen LogP) is 4.22. The van der Waals surface area contributed by atoms with Gasteiger partial charge in [0.05, 0.1) is 6.54 Å². The van der Waals surface area contributed by atoms with Gasteiger partial charge in [0.2, 0.25) is 0 Å². The second kappa shape index (κ2) is 9.85. The van der Waals surface area contributed by atoms with E-state index in [1.807, 2.05) is 44.2 Å². The van der Waals surface area contributed by atoms with Crippen LogP contribution in [0.4, 0.5) is 0 Å². The van der Waals surface area contributed by atoms with Gasteiger partial charge in [-0.15, -0.1) is 0 Å². The van der Waals surface area contributed by atoms with Crippen LogP contribution in [0.15, 0.2) is 42.5 Å². The number of benzene rings is 2. The zero-order chi connectivity index (χ0) is 18.9. The summed E-state index contributed by atoms with van der Waals surface area (Å²) in [6.07, 6.45) is 1.66. The number of hydrogen-bond donors (Lipinski definition) is 1. The molecule has 0 aliphatic rings. The molecule has 2 rings (SSSR count). The first-order valence-corrected chi connectivity index (χ1v) is 9.23. The molecule has 0 saturated carbocycles. The Hall–Kier alpha value is -2.49. The van der Waals surface area contributed by atoms with Crippen molar-refractivity contribution in [1.82, 2.24) is 5.32 Å². The van der Waals surface area contributed by atoms with Gasteiger partial charge in [0, 0.05) is 0 Å². The van der Waals surface area contributed by atoms with E-state index in [0.29, 0.717) is 13.2 Å². The number of nitrogens with one attached hydrogen (secondary N) is 1. The van der Waals surface area contributed by atoms with E-state index < -0.39 is 6.10 Å². The Kier molecular flexibility index (Phi) is 7.52. The van der Waals surface area contributed by atoms with Crippen LogP contribution < -0.4 is 14.8 Å². The van der Waals surface area contributed by atoms with E-state index in [2.05, 4.69) is 24.4 Å². The summed E-state index contributed by atoms with van der Waals surface area (Å²) in [6, 6.07) is 14.0. The summed E-state index contributed by atoms with van der Waals surface area (Å²) in [5.74, 6) is 1.41. The van der Waals surface area contributed by atoms with Gasteiger partial charge < -0.3 is 14.8 Å².